The monoisotopic (exact) mass is 379 g/mol. The van der Waals surface area contributed by atoms with Crippen molar-refractivity contribution in [3.8, 4) is 5.69 Å². The topological polar surface area (TPSA) is 93.2 Å². The SMILES string of the molecule is O=C(O)c1cnn(C2CCN(C(=O)Cc3cnn(-c4ccccc4)c3)CC2)c1. The summed E-state index contributed by atoms with van der Waals surface area (Å²) in [6.07, 6.45) is 8.38. The summed E-state index contributed by atoms with van der Waals surface area (Å²) in [7, 11) is 0. The lowest BCUT2D eigenvalue weighted by molar-refractivity contribution is -0.131. The molecule has 0 aliphatic carbocycles. The molecule has 1 aliphatic heterocycles. The fraction of sp³-hybridized carbons (Fsp3) is 0.300. The maximum atomic E-state index is 12.6. The van der Waals surface area contributed by atoms with Gasteiger partial charge >= 0.3 is 5.97 Å². The van der Waals surface area contributed by atoms with Crippen molar-refractivity contribution in [2.45, 2.75) is 25.3 Å². The van der Waals surface area contributed by atoms with Crippen molar-refractivity contribution in [1.82, 2.24) is 24.5 Å². The smallest absolute Gasteiger partial charge is 0.338 e. The molecular weight excluding hydrogens is 358 g/mol. The van der Waals surface area contributed by atoms with E-state index in [1.165, 1.54) is 6.20 Å². The Hall–Kier alpha value is -3.42. The maximum absolute atomic E-state index is 12.6. The minimum Gasteiger partial charge on any atom is -0.478 e. The van der Waals surface area contributed by atoms with Gasteiger partial charge in [-0.3, -0.25) is 9.48 Å². The first kappa shape index (κ1) is 18.0. The first-order chi connectivity index (χ1) is 13.6. The quantitative estimate of drug-likeness (QED) is 0.733. The zero-order valence-electron chi connectivity index (χ0n) is 15.3. The van der Waals surface area contributed by atoms with Gasteiger partial charge in [0, 0.05) is 25.5 Å². The van der Waals surface area contributed by atoms with Gasteiger partial charge < -0.3 is 10.0 Å². The average Bonchev–Trinajstić information content (AvgIpc) is 3.39. The van der Waals surface area contributed by atoms with Crippen molar-refractivity contribution in [3.63, 3.8) is 0 Å². The summed E-state index contributed by atoms with van der Waals surface area (Å²) in [5, 5.41) is 17.5. The lowest BCUT2D eigenvalue weighted by Gasteiger charge is -2.32. The second-order valence-corrected chi connectivity index (χ2v) is 6.93. The van der Waals surface area contributed by atoms with E-state index in [1.807, 2.05) is 41.4 Å². The van der Waals surface area contributed by atoms with E-state index in [-0.39, 0.29) is 17.5 Å². The van der Waals surface area contributed by atoms with Crippen LogP contribution in [0.2, 0.25) is 0 Å². The van der Waals surface area contributed by atoms with Crippen LogP contribution in [-0.2, 0) is 11.2 Å². The number of hydrogen-bond acceptors (Lipinski definition) is 4. The molecule has 0 spiro atoms. The lowest BCUT2D eigenvalue weighted by atomic mass is 10.0. The van der Waals surface area contributed by atoms with Crippen molar-refractivity contribution < 1.29 is 14.7 Å². The van der Waals surface area contributed by atoms with E-state index in [9.17, 15) is 9.59 Å². The fourth-order valence-electron chi connectivity index (χ4n) is 3.49. The molecule has 1 fully saturated rings. The number of aromatic nitrogens is 4. The number of benzene rings is 1. The number of carboxylic acids is 1. The van der Waals surface area contributed by atoms with Crippen LogP contribution in [0.15, 0.2) is 55.1 Å². The first-order valence-electron chi connectivity index (χ1n) is 9.24. The summed E-state index contributed by atoms with van der Waals surface area (Å²) in [5.74, 6) is -0.896. The predicted molar refractivity (Wildman–Crippen MR) is 101 cm³/mol. The van der Waals surface area contributed by atoms with Crippen molar-refractivity contribution in [1.29, 1.82) is 0 Å². The highest BCUT2D eigenvalue weighted by molar-refractivity contribution is 5.86. The Kier molecular flexibility index (Phi) is 4.92. The molecular formula is C20H21N5O3. The Morgan fingerprint density at radius 1 is 1.04 bits per heavy atom. The Morgan fingerprint density at radius 2 is 1.79 bits per heavy atom. The van der Waals surface area contributed by atoms with Crippen LogP contribution < -0.4 is 0 Å². The molecule has 0 unspecified atom stereocenters. The van der Waals surface area contributed by atoms with E-state index < -0.39 is 5.97 Å². The van der Waals surface area contributed by atoms with Gasteiger partial charge in [0.15, 0.2) is 0 Å². The molecule has 0 radical (unpaired) electrons. The molecule has 1 N–H and O–H groups in total. The third-order valence-electron chi connectivity index (χ3n) is 5.05. The van der Waals surface area contributed by atoms with Gasteiger partial charge in [0.25, 0.3) is 0 Å². The number of carbonyl (C=O) groups is 2. The van der Waals surface area contributed by atoms with Crippen LogP contribution in [0.4, 0.5) is 0 Å². The number of nitrogens with zero attached hydrogens (tertiary/aromatic N) is 5. The normalized spacial score (nSPS) is 14.9. The van der Waals surface area contributed by atoms with Gasteiger partial charge in [-0.15, -0.1) is 0 Å². The molecule has 1 amide bonds. The number of carboxylic acid groups (broad SMARTS) is 1. The Bertz CT molecular complexity index is 971. The van der Waals surface area contributed by atoms with Crippen molar-refractivity contribution >= 4 is 11.9 Å². The minimum atomic E-state index is -0.977. The highest BCUT2D eigenvalue weighted by Crippen LogP contribution is 2.23. The third-order valence-corrected chi connectivity index (χ3v) is 5.05. The number of carbonyl (C=O) groups excluding carboxylic acids is 1. The van der Waals surface area contributed by atoms with Crippen molar-refractivity contribution in [3.05, 3.63) is 66.2 Å². The number of aromatic carboxylic acids is 1. The summed E-state index contributed by atoms with van der Waals surface area (Å²) in [6.45, 7) is 1.27. The Morgan fingerprint density at radius 3 is 2.46 bits per heavy atom. The molecule has 3 heterocycles. The summed E-state index contributed by atoms with van der Waals surface area (Å²) in [5.41, 5.74) is 2.03. The molecule has 3 aromatic rings. The van der Waals surface area contributed by atoms with E-state index in [4.69, 9.17) is 5.11 Å². The van der Waals surface area contributed by atoms with Gasteiger partial charge in [0.05, 0.1) is 36.1 Å². The molecule has 0 atom stereocenters. The molecule has 4 rings (SSSR count). The van der Waals surface area contributed by atoms with E-state index >= 15 is 0 Å². The van der Waals surface area contributed by atoms with Crippen LogP contribution >= 0.6 is 0 Å². The first-order valence-corrected chi connectivity index (χ1v) is 9.24. The highest BCUT2D eigenvalue weighted by atomic mass is 16.4. The second kappa shape index (κ2) is 7.67. The van der Waals surface area contributed by atoms with Gasteiger partial charge in [-0.25, -0.2) is 9.48 Å². The molecule has 8 heteroatoms. The molecule has 1 aliphatic rings. The molecule has 1 saturated heterocycles. The molecule has 2 aromatic heterocycles. The molecule has 144 valence electrons. The lowest BCUT2D eigenvalue weighted by Crippen LogP contribution is -2.39. The summed E-state index contributed by atoms with van der Waals surface area (Å²) < 4.78 is 3.47. The van der Waals surface area contributed by atoms with Gasteiger partial charge in [-0.05, 0) is 30.5 Å². The number of para-hydroxylation sites is 1. The number of piperidine rings is 1. The molecule has 28 heavy (non-hydrogen) atoms. The molecule has 1 aromatic carbocycles. The van der Waals surface area contributed by atoms with Crippen LogP contribution in [0, 0.1) is 0 Å². The molecule has 8 nitrogen and oxygen atoms in total. The van der Waals surface area contributed by atoms with Crippen LogP contribution in [0.25, 0.3) is 5.69 Å². The van der Waals surface area contributed by atoms with Gasteiger partial charge in [-0.2, -0.15) is 10.2 Å². The number of rotatable bonds is 5. The molecule has 0 bridgehead atoms. The van der Waals surface area contributed by atoms with E-state index in [0.717, 1.165) is 24.1 Å². The Labute approximate surface area is 162 Å². The second-order valence-electron chi connectivity index (χ2n) is 6.93. The number of amides is 1. The predicted octanol–water partition coefficient (Wildman–Crippen LogP) is 2.17. The number of hydrogen-bond donors (Lipinski definition) is 1. The third kappa shape index (κ3) is 3.80. The zero-order chi connectivity index (χ0) is 19.5. The fourth-order valence-corrected chi connectivity index (χ4v) is 3.49. The number of likely N-dealkylation sites (tertiary alicyclic amines) is 1. The van der Waals surface area contributed by atoms with Crippen LogP contribution in [0.3, 0.4) is 0 Å². The van der Waals surface area contributed by atoms with Gasteiger partial charge in [-0.1, -0.05) is 18.2 Å². The summed E-state index contributed by atoms with van der Waals surface area (Å²) in [6, 6.07) is 9.91. The van der Waals surface area contributed by atoms with Crippen molar-refractivity contribution in [2.24, 2.45) is 0 Å². The van der Waals surface area contributed by atoms with E-state index in [2.05, 4.69) is 10.2 Å². The standard InChI is InChI=1S/C20H21N5O3/c26-19(10-15-11-21-24(13-15)17-4-2-1-3-5-17)23-8-6-18(7-9-23)25-14-16(12-22-25)20(27)28/h1-5,11-14,18H,6-10H2,(H,27,28). The highest BCUT2D eigenvalue weighted by Gasteiger charge is 2.25. The van der Waals surface area contributed by atoms with Crippen LogP contribution in [-0.4, -0.2) is 54.5 Å². The van der Waals surface area contributed by atoms with Crippen molar-refractivity contribution in [2.75, 3.05) is 13.1 Å². The minimum absolute atomic E-state index is 0.0813. The van der Waals surface area contributed by atoms with Gasteiger partial charge in [0.2, 0.25) is 5.91 Å². The van der Waals surface area contributed by atoms with E-state index in [1.54, 1.807) is 21.8 Å². The van der Waals surface area contributed by atoms with E-state index in [0.29, 0.717) is 19.5 Å². The zero-order valence-corrected chi connectivity index (χ0v) is 15.3. The average molecular weight is 379 g/mol. The molecule has 0 saturated carbocycles. The summed E-state index contributed by atoms with van der Waals surface area (Å²) >= 11 is 0. The van der Waals surface area contributed by atoms with Crippen LogP contribution in [0.5, 0.6) is 0 Å². The van der Waals surface area contributed by atoms with Crippen LogP contribution in [0.1, 0.15) is 34.8 Å². The largest absolute Gasteiger partial charge is 0.478 e. The van der Waals surface area contributed by atoms with Gasteiger partial charge in [0.1, 0.15) is 0 Å². The Balaban J connectivity index is 1.33. The maximum Gasteiger partial charge on any atom is 0.338 e. The summed E-state index contributed by atoms with van der Waals surface area (Å²) in [4.78, 5) is 25.5.